The van der Waals surface area contributed by atoms with Gasteiger partial charge in [-0.2, -0.15) is 5.26 Å². The normalized spacial score (nSPS) is 12.0. The lowest BCUT2D eigenvalue weighted by Crippen LogP contribution is -2.17. The van der Waals surface area contributed by atoms with Gasteiger partial charge in [0.1, 0.15) is 11.4 Å². The highest BCUT2D eigenvalue weighted by Crippen LogP contribution is 2.25. The smallest absolute Gasteiger partial charge is 0.255 e. The number of benzene rings is 1. The molecule has 0 saturated heterocycles. The van der Waals surface area contributed by atoms with E-state index in [0.29, 0.717) is 46.0 Å². The van der Waals surface area contributed by atoms with Crippen LogP contribution in [0, 0.1) is 24.2 Å². The van der Waals surface area contributed by atoms with E-state index < -0.39 is 0 Å². The second kappa shape index (κ2) is 9.83. The lowest BCUT2D eigenvalue weighted by Gasteiger charge is -2.20. The Morgan fingerprint density at radius 2 is 2.00 bits per heavy atom. The first kappa shape index (κ1) is 24.6. The highest BCUT2D eigenvalue weighted by Gasteiger charge is 2.19. The second-order valence-corrected chi connectivity index (χ2v) is 9.64. The molecule has 0 bridgehead atoms. The topological polar surface area (TPSA) is 129 Å². The summed E-state index contributed by atoms with van der Waals surface area (Å²) < 4.78 is 1.53. The Hall–Kier alpha value is -4.06. The van der Waals surface area contributed by atoms with E-state index in [1.54, 1.807) is 36.7 Å². The van der Waals surface area contributed by atoms with Crippen LogP contribution in [0.5, 0.6) is 0 Å². The number of carbonyl (C=O) groups excluding carboxylic acids is 1. The molecule has 0 aliphatic heterocycles. The van der Waals surface area contributed by atoms with Gasteiger partial charge in [0, 0.05) is 5.56 Å². The van der Waals surface area contributed by atoms with E-state index in [1.807, 2.05) is 41.5 Å². The maximum absolute atomic E-state index is 13.0. The van der Waals surface area contributed by atoms with E-state index in [9.17, 15) is 15.3 Å². The summed E-state index contributed by atoms with van der Waals surface area (Å²) in [6.45, 7) is 12.0. The van der Waals surface area contributed by atoms with Crippen molar-refractivity contribution < 1.29 is 10.0 Å². The molecule has 2 aromatic heterocycles. The Morgan fingerprint density at radius 3 is 2.62 bits per heavy atom. The molecule has 2 heterocycles. The van der Waals surface area contributed by atoms with Crippen LogP contribution in [0.3, 0.4) is 0 Å². The molecule has 9 heteroatoms. The number of nitrogens with zero attached hydrogens (tertiary/aromatic N) is 6. The van der Waals surface area contributed by atoms with Crippen molar-refractivity contribution in [1.29, 1.82) is 5.26 Å². The Balaban J connectivity index is 1.90. The second-order valence-electron chi connectivity index (χ2n) is 9.64. The maximum atomic E-state index is 13.0. The molecule has 0 aliphatic rings. The Kier molecular flexibility index (Phi) is 7.11. The number of nitrogens with one attached hydrogen (secondary N) is 1. The van der Waals surface area contributed by atoms with Gasteiger partial charge in [-0.3, -0.25) is 9.78 Å². The Labute approximate surface area is 199 Å². The third kappa shape index (κ3) is 5.64. The van der Waals surface area contributed by atoms with Gasteiger partial charge in [0.2, 0.25) is 0 Å². The number of carbonyl (C=O) groups is 1. The summed E-state index contributed by atoms with van der Waals surface area (Å²) in [6.07, 6.45) is 3.78. The van der Waals surface area contributed by atoms with Crippen molar-refractivity contribution in [1.82, 2.24) is 20.0 Å². The average Bonchev–Trinajstić information content (AvgIpc) is 3.27. The van der Waals surface area contributed by atoms with E-state index in [4.69, 9.17) is 0 Å². The standard InChI is InChI=1S/C25H29N7O2/c1-15(2)7-21(30-34)22-14-32(31-29-22)23-11-20(13-27-16(23)3)28-24(33)18-8-17(12-26)9-19(10-18)25(4,5)6/h8-11,13-15,34H,7H2,1-6H3,(H,28,33)/b30-21-. The van der Waals surface area contributed by atoms with Crippen LogP contribution in [0.15, 0.2) is 41.8 Å². The van der Waals surface area contributed by atoms with Crippen molar-refractivity contribution in [2.75, 3.05) is 5.32 Å². The van der Waals surface area contributed by atoms with Crippen molar-refractivity contribution in [2.45, 2.75) is 53.4 Å². The summed E-state index contributed by atoms with van der Waals surface area (Å²) in [6, 6.07) is 9.04. The summed E-state index contributed by atoms with van der Waals surface area (Å²) >= 11 is 0. The molecule has 3 rings (SSSR count). The fraction of sp³-hybridized carbons (Fsp3) is 0.360. The number of hydrogen-bond acceptors (Lipinski definition) is 7. The molecular weight excluding hydrogens is 430 g/mol. The van der Waals surface area contributed by atoms with Gasteiger partial charge < -0.3 is 10.5 Å². The predicted molar refractivity (Wildman–Crippen MR) is 129 cm³/mol. The van der Waals surface area contributed by atoms with Gasteiger partial charge in [0.05, 0.1) is 41.1 Å². The minimum absolute atomic E-state index is 0.211. The molecule has 176 valence electrons. The van der Waals surface area contributed by atoms with E-state index in [0.717, 1.165) is 5.56 Å². The third-order valence-corrected chi connectivity index (χ3v) is 5.27. The molecule has 2 N–H and O–H groups in total. The van der Waals surface area contributed by atoms with Crippen LogP contribution in [0.1, 0.15) is 73.9 Å². The summed E-state index contributed by atoms with van der Waals surface area (Å²) in [5.41, 5.74) is 4.21. The highest BCUT2D eigenvalue weighted by molar-refractivity contribution is 6.04. The van der Waals surface area contributed by atoms with E-state index in [1.165, 1.54) is 4.68 Å². The molecule has 0 atom stereocenters. The number of aromatic nitrogens is 4. The Bertz CT molecular complexity index is 1280. The van der Waals surface area contributed by atoms with Crippen LogP contribution in [0.25, 0.3) is 5.69 Å². The van der Waals surface area contributed by atoms with Crippen molar-refractivity contribution in [3.05, 3.63) is 64.7 Å². The molecule has 3 aromatic rings. The van der Waals surface area contributed by atoms with Gasteiger partial charge >= 0.3 is 0 Å². The van der Waals surface area contributed by atoms with Crippen LogP contribution in [-0.2, 0) is 5.41 Å². The largest absolute Gasteiger partial charge is 0.411 e. The minimum Gasteiger partial charge on any atom is -0.411 e. The summed E-state index contributed by atoms with van der Waals surface area (Å²) in [4.78, 5) is 17.4. The van der Waals surface area contributed by atoms with Crippen molar-refractivity contribution in [3.8, 4) is 11.8 Å². The number of aryl methyl sites for hydroxylation is 1. The molecule has 0 radical (unpaired) electrons. The first-order chi connectivity index (χ1) is 16.0. The average molecular weight is 460 g/mol. The van der Waals surface area contributed by atoms with Gasteiger partial charge in [-0.1, -0.05) is 45.0 Å². The Morgan fingerprint density at radius 1 is 1.26 bits per heavy atom. The number of hydrogen-bond donors (Lipinski definition) is 2. The molecule has 9 nitrogen and oxygen atoms in total. The minimum atomic E-state index is -0.342. The number of oxime groups is 1. The van der Waals surface area contributed by atoms with Gasteiger partial charge in [-0.25, -0.2) is 4.68 Å². The maximum Gasteiger partial charge on any atom is 0.255 e. The quantitative estimate of drug-likeness (QED) is 0.314. The SMILES string of the molecule is Cc1ncc(NC(=O)c2cc(C#N)cc(C(C)(C)C)c2)cc1-n1cc(/C(CC(C)C)=N\O)nn1. The molecule has 0 spiro atoms. The zero-order valence-corrected chi connectivity index (χ0v) is 20.3. The van der Waals surface area contributed by atoms with Crippen molar-refractivity contribution in [3.63, 3.8) is 0 Å². The van der Waals surface area contributed by atoms with Crippen LogP contribution in [-0.4, -0.2) is 36.8 Å². The zero-order chi connectivity index (χ0) is 25.0. The number of anilines is 1. The number of pyridine rings is 1. The number of nitriles is 1. The highest BCUT2D eigenvalue weighted by atomic mass is 16.4. The van der Waals surface area contributed by atoms with Crippen LogP contribution in [0.2, 0.25) is 0 Å². The lowest BCUT2D eigenvalue weighted by atomic mass is 9.85. The first-order valence-corrected chi connectivity index (χ1v) is 11.0. The third-order valence-electron chi connectivity index (χ3n) is 5.27. The summed E-state index contributed by atoms with van der Waals surface area (Å²) in [5, 5.41) is 33.2. The number of amides is 1. The fourth-order valence-corrected chi connectivity index (χ4v) is 3.38. The molecule has 1 aromatic carbocycles. The summed E-state index contributed by atoms with van der Waals surface area (Å²) in [7, 11) is 0. The van der Waals surface area contributed by atoms with Gasteiger partial charge in [-0.15, -0.1) is 5.10 Å². The molecule has 0 fully saturated rings. The van der Waals surface area contributed by atoms with Crippen LogP contribution in [0.4, 0.5) is 5.69 Å². The summed E-state index contributed by atoms with van der Waals surface area (Å²) in [5.74, 6) is -0.0542. The molecule has 1 amide bonds. The van der Waals surface area contributed by atoms with Gasteiger partial charge in [-0.05, 0) is 54.5 Å². The molecule has 0 saturated carbocycles. The zero-order valence-electron chi connectivity index (χ0n) is 20.3. The molecule has 0 unspecified atom stereocenters. The fourth-order valence-electron chi connectivity index (χ4n) is 3.38. The monoisotopic (exact) mass is 459 g/mol. The van der Waals surface area contributed by atoms with E-state index in [2.05, 4.69) is 31.8 Å². The molecular formula is C25H29N7O2. The lowest BCUT2D eigenvalue weighted by molar-refractivity contribution is 0.102. The van der Waals surface area contributed by atoms with Crippen molar-refractivity contribution in [2.24, 2.45) is 11.1 Å². The van der Waals surface area contributed by atoms with Gasteiger partial charge in [0.15, 0.2) is 0 Å². The molecule has 0 aliphatic carbocycles. The number of rotatable bonds is 6. The van der Waals surface area contributed by atoms with Gasteiger partial charge in [0.25, 0.3) is 5.91 Å². The van der Waals surface area contributed by atoms with E-state index in [-0.39, 0.29) is 17.2 Å². The predicted octanol–water partition coefficient (Wildman–Crippen LogP) is 4.62. The first-order valence-electron chi connectivity index (χ1n) is 11.0. The molecule has 34 heavy (non-hydrogen) atoms. The van der Waals surface area contributed by atoms with E-state index >= 15 is 0 Å². The van der Waals surface area contributed by atoms with Crippen LogP contribution < -0.4 is 5.32 Å². The van der Waals surface area contributed by atoms with Crippen LogP contribution >= 0.6 is 0 Å². The van der Waals surface area contributed by atoms with Crippen molar-refractivity contribution >= 4 is 17.3 Å².